The predicted molar refractivity (Wildman–Crippen MR) is 118 cm³/mol. The van der Waals surface area contributed by atoms with Gasteiger partial charge in [-0.05, 0) is 50.5 Å². The molecule has 2 rings (SSSR count). The van der Waals surface area contributed by atoms with Crippen molar-refractivity contribution in [2.75, 3.05) is 13.7 Å². The third-order valence-corrected chi connectivity index (χ3v) is 5.19. The van der Waals surface area contributed by atoms with E-state index in [1.165, 1.54) is 0 Å². The molecule has 2 aromatic rings. The van der Waals surface area contributed by atoms with Gasteiger partial charge in [0, 0.05) is 12.6 Å². The van der Waals surface area contributed by atoms with E-state index in [0.717, 1.165) is 17.5 Å². The molecule has 1 N–H and O–H groups in total. The van der Waals surface area contributed by atoms with Crippen molar-refractivity contribution in [3.63, 3.8) is 0 Å². The first-order valence-electron chi connectivity index (χ1n) is 10.3. The highest BCUT2D eigenvalue weighted by molar-refractivity contribution is 5.88. The molecule has 2 aromatic carbocycles. The second-order valence-corrected chi connectivity index (χ2v) is 7.38. The number of amides is 2. The maximum absolute atomic E-state index is 13.1. The second-order valence-electron chi connectivity index (χ2n) is 7.38. The van der Waals surface area contributed by atoms with Crippen molar-refractivity contribution in [3.05, 3.63) is 59.7 Å². The molecule has 30 heavy (non-hydrogen) atoms. The lowest BCUT2D eigenvalue weighted by Crippen LogP contribution is -2.50. The van der Waals surface area contributed by atoms with E-state index in [-0.39, 0.29) is 24.5 Å². The number of para-hydroxylation sites is 2. The molecule has 2 atom stereocenters. The van der Waals surface area contributed by atoms with Crippen molar-refractivity contribution in [2.24, 2.45) is 0 Å². The van der Waals surface area contributed by atoms with Gasteiger partial charge in [0.2, 0.25) is 5.91 Å². The fourth-order valence-electron chi connectivity index (χ4n) is 2.98. The molecule has 6 nitrogen and oxygen atoms in total. The number of benzene rings is 2. The quantitative estimate of drug-likeness (QED) is 0.646. The Hall–Kier alpha value is -3.02. The average Bonchev–Trinajstić information content (AvgIpc) is 2.76. The summed E-state index contributed by atoms with van der Waals surface area (Å²) in [6.07, 6.45) is 0.821. The lowest BCUT2D eigenvalue weighted by atomic mass is 10.1. The molecule has 0 saturated heterocycles. The first-order chi connectivity index (χ1) is 14.4. The van der Waals surface area contributed by atoms with Crippen molar-refractivity contribution in [1.82, 2.24) is 10.2 Å². The smallest absolute Gasteiger partial charge is 0.261 e. The Morgan fingerprint density at radius 3 is 2.30 bits per heavy atom. The number of carbonyl (C=O) groups is 2. The molecule has 0 bridgehead atoms. The molecule has 0 heterocycles. The number of hydrogen-bond donors (Lipinski definition) is 1. The number of aryl methyl sites for hydroxylation is 1. The molecule has 0 spiro atoms. The highest BCUT2D eigenvalue weighted by Gasteiger charge is 2.27. The molecule has 0 saturated carbocycles. The molecule has 0 aliphatic heterocycles. The van der Waals surface area contributed by atoms with E-state index in [0.29, 0.717) is 18.0 Å². The maximum Gasteiger partial charge on any atom is 0.261 e. The van der Waals surface area contributed by atoms with Crippen LogP contribution >= 0.6 is 0 Å². The number of ether oxygens (including phenoxy) is 2. The van der Waals surface area contributed by atoms with Crippen LogP contribution in [0.15, 0.2) is 48.5 Å². The molecule has 0 fully saturated rings. The van der Waals surface area contributed by atoms with Crippen LogP contribution in [-0.4, -0.2) is 42.5 Å². The van der Waals surface area contributed by atoms with E-state index >= 15 is 0 Å². The first kappa shape index (κ1) is 23.3. The minimum absolute atomic E-state index is 0.0418. The normalized spacial score (nSPS) is 12.6. The van der Waals surface area contributed by atoms with E-state index < -0.39 is 6.04 Å². The highest BCUT2D eigenvalue weighted by atomic mass is 16.5. The van der Waals surface area contributed by atoms with Gasteiger partial charge in [-0.25, -0.2) is 0 Å². The lowest BCUT2D eigenvalue weighted by Gasteiger charge is -2.30. The maximum atomic E-state index is 13.1. The second kappa shape index (κ2) is 11.2. The summed E-state index contributed by atoms with van der Waals surface area (Å²) in [5.74, 6) is 0.596. The van der Waals surface area contributed by atoms with Crippen molar-refractivity contribution < 1.29 is 19.1 Å². The van der Waals surface area contributed by atoms with Gasteiger partial charge in [-0.3, -0.25) is 9.59 Å². The molecule has 0 aliphatic carbocycles. The van der Waals surface area contributed by atoms with Crippen LogP contribution in [0.1, 0.15) is 38.3 Å². The number of nitrogens with zero attached hydrogens (tertiary/aromatic N) is 1. The van der Waals surface area contributed by atoms with Gasteiger partial charge in [0.15, 0.2) is 18.1 Å². The fraction of sp³-hybridized carbons (Fsp3) is 0.417. The summed E-state index contributed by atoms with van der Waals surface area (Å²) in [6.45, 7) is 7.84. The van der Waals surface area contributed by atoms with Crippen LogP contribution in [0.4, 0.5) is 0 Å². The molecule has 162 valence electrons. The summed E-state index contributed by atoms with van der Waals surface area (Å²) >= 11 is 0. The summed E-state index contributed by atoms with van der Waals surface area (Å²) in [5.41, 5.74) is 2.06. The van der Waals surface area contributed by atoms with Crippen molar-refractivity contribution in [2.45, 2.75) is 52.7 Å². The summed E-state index contributed by atoms with van der Waals surface area (Å²) in [5, 5.41) is 2.96. The van der Waals surface area contributed by atoms with Crippen LogP contribution in [0.3, 0.4) is 0 Å². The molecule has 2 amide bonds. The van der Waals surface area contributed by atoms with Gasteiger partial charge < -0.3 is 19.7 Å². The van der Waals surface area contributed by atoms with E-state index in [1.54, 1.807) is 31.1 Å². The van der Waals surface area contributed by atoms with Crippen LogP contribution in [0.25, 0.3) is 0 Å². The van der Waals surface area contributed by atoms with Gasteiger partial charge >= 0.3 is 0 Å². The largest absolute Gasteiger partial charge is 0.493 e. The predicted octanol–water partition coefficient (Wildman–Crippen LogP) is 3.71. The Kier molecular flexibility index (Phi) is 8.71. The standard InChI is InChI=1S/C24H32N2O4/c1-6-18(3)25-24(28)19(4)26(15-20-12-8-7-11-17(20)2)23(27)16-30-22-14-10-9-13-21(22)29-5/h7-14,18-19H,6,15-16H2,1-5H3,(H,25,28)/t18-,19-/m0/s1. The van der Waals surface area contributed by atoms with Gasteiger partial charge in [-0.2, -0.15) is 0 Å². The van der Waals surface area contributed by atoms with Gasteiger partial charge in [-0.1, -0.05) is 43.3 Å². The summed E-state index contributed by atoms with van der Waals surface area (Å²) in [7, 11) is 1.55. The van der Waals surface area contributed by atoms with Crippen LogP contribution < -0.4 is 14.8 Å². The third kappa shape index (κ3) is 6.24. The summed E-state index contributed by atoms with van der Waals surface area (Å²) in [4.78, 5) is 27.4. The number of hydrogen-bond acceptors (Lipinski definition) is 4. The van der Waals surface area contributed by atoms with Crippen molar-refractivity contribution in [3.8, 4) is 11.5 Å². The number of rotatable bonds is 10. The summed E-state index contributed by atoms with van der Waals surface area (Å²) in [6, 6.07) is 14.4. The highest BCUT2D eigenvalue weighted by Crippen LogP contribution is 2.26. The molecule has 0 radical (unpaired) electrons. The summed E-state index contributed by atoms with van der Waals surface area (Å²) < 4.78 is 11.0. The Bertz CT molecular complexity index is 853. The van der Waals surface area contributed by atoms with Crippen LogP contribution in [0.2, 0.25) is 0 Å². The van der Waals surface area contributed by atoms with E-state index in [9.17, 15) is 9.59 Å². The molecule has 0 unspecified atom stereocenters. The van der Waals surface area contributed by atoms with Crippen molar-refractivity contribution >= 4 is 11.8 Å². The topological polar surface area (TPSA) is 67.9 Å². The Morgan fingerprint density at radius 1 is 1.03 bits per heavy atom. The van der Waals surface area contributed by atoms with Crippen LogP contribution in [-0.2, 0) is 16.1 Å². The molecule has 0 aromatic heterocycles. The van der Waals surface area contributed by atoms with E-state index in [4.69, 9.17) is 9.47 Å². The monoisotopic (exact) mass is 412 g/mol. The van der Waals surface area contributed by atoms with Gasteiger partial charge in [0.25, 0.3) is 5.91 Å². The fourth-order valence-corrected chi connectivity index (χ4v) is 2.98. The van der Waals surface area contributed by atoms with Crippen molar-refractivity contribution in [1.29, 1.82) is 0 Å². The zero-order valence-electron chi connectivity index (χ0n) is 18.5. The first-order valence-corrected chi connectivity index (χ1v) is 10.3. The number of methoxy groups -OCH3 is 1. The lowest BCUT2D eigenvalue weighted by molar-refractivity contribution is -0.142. The number of nitrogens with one attached hydrogen (secondary N) is 1. The minimum Gasteiger partial charge on any atom is -0.493 e. The van der Waals surface area contributed by atoms with Gasteiger partial charge in [0.1, 0.15) is 6.04 Å². The SMILES string of the molecule is CC[C@H](C)NC(=O)[C@H](C)N(Cc1ccccc1C)C(=O)COc1ccccc1OC. The molecule has 6 heteroatoms. The Labute approximate surface area is 179 Å². The van der Waals surface area contributed by atoms with E-state index in [2.05, 4.69) is 5.32 Å². The Morgan fingerprint density at radius 2 is 1.67 bits per heavy atom. The zero-order valence-corrected chi connectivity index (χ0v) is 18.5. The zero-order chi connectivity index (χ0) is 22.1. The van der Waals surface area contributed by atoms with Gasteiger partial charge in [-0.15, -0.1) is 0 Å². The van der Waals surface area contributed by atoms with Crippen LogP contribution in [0, 0.1) is 6.92 Å². The van der Waals surface area contributed by atoms with Gasteiger partial charge in [0.05, 0.1) is 7.11 Å². The molecular weight excluding hydrogens is 380 g/mol. The van der Waals surface area contributed by atoms with E-state index in [1.807, 2.05) is 57.2 Å². The third-order valence-electron chi connectivity index (χ3n) is 5.19. The number of carbonyl (C=O) groups excluding carboxylic acids is 2. The molecular formula is C24H32N2O4. The van der Waals surface area contributed by atoms with Crippen LogP contribution in [0.5, 0.6) is 11.5 Å². The Balaban J connectivity index is 2.19. The minimum atomic E-state index is -0.632. The molecule has 0 aliphatic rings. The average molecular weight is 413 g/mol.